The number of ether oxygens (including phenoxy) is 1. The summed E-state index contributed by atoms with van der Waals surface area (Å²) in [5.41, 5.74) is 3.20. The summed E-state index contributed by atoms with van der Waals surface area (Å²) in [6.07, 6.45) is 2.73. The van der Waals surface area contributed by atoms with Gasteiger partial charge < -0.3 is 20.8 Å². The van der Waals surface area contributed by atoms with E-state index >= 15 is 0 Å². The number of fused-ring (bicyclic) bond motifs is 2. The van der Waals surface area contributed by atoms with Gasteiger partial charge in [0.2, 0.25) is 0 Å². The Morgan fingerprint density at radius 2 is 2.29 bits per heavy atom. The van der Waals surface area contributed by atoms with Gasteiger partial charge >= 0.3 is 6.03 Å². The van der Waals surface area contributed by atoms with Crippen molar-refractivity contribution in [1.82, 2.24) is 10.3 Å². The number of hydrogen-bond donors (Lipinski definition) is 4. The number of hydrogen-bond acceptors (Lipinski definition) is 5. The molecule has 0 saturated carbocycles. The molecule has 1 atom stereocenters. The van der Waals surface area contributed by atoms with Crippen LogP contribution in [0.25, 0.3) is 0 Å². The molecule has 0 saturated heterocycles. The topological polar surface area (TPSA) is 99.1 Å². The molecule has 1 aromatic heterocycles. The number of carbonyl (C=O) groups excluding carboxylic acids is 1. The fraction of sp³-hybridized carbons (Fsp3) is 0.350. The van der Waals surface area contributed by atoms with E-state index in [0.29, 0.717) is 36.0 Å². The Bertz CT molecular complexity index is 858. The summed E-state index contributed by atoms with van der Waals surface area (Å²) in [7, 11) is 0. The van der Waals surface area contributed by atoms with Crippen molar-refractivity contribution >= 4 is 35.4 Å². The molecule has 1 aliphatic rings. The van der Waals surface area contributed by atoms with Crippen LogP contribution in [0.1, 0.15) is 36.2 Å². The first-order chi connectivity index (χ1) is 13.6. The Morgan fingerprint density at radius 1 is 1.43 bits per heavy atom. The summed E-state index contributed by atoms with van der Waals surface area (Å²) in [4.78, 5) is 17.1. The highest BCUT2D eigenvalue weighted by atomic mass is 35.5. The number of nitrogens with zero attached hydrogens (tertiary/aromatic N) is 1. The van der Waals surface area contributed by atoms with Crippen LogP contribution < -0.4 is 16.0 Å². The molecule has 0 radical (unpaired) electrons. The van der Waals surface area contributed by atoms with E-state index in [9.17, 15) is 4.79 Å². The summed E-state index contributed by atoms with van der Waals surface area (Å²) in [5, 5.41) is 17.3. The second kappa shape index (κ2) is 9.52. The molecule has 0 unspecified atom stereocenters. The largest absolute Gasteiger partial charge is 0.383 e. The van der Waals surface area contributed by atoms with Gasteiger partial charge in [0.15, 0.2) is 0 Å². The third kappa shape index (κ3) is 4.99. The smallest absolute Gasteiger partial charge is 0.320 e. The molecule has 2 bridgehead atoms. The van der Waals surface area contributed by atoms with Gasteiger partial charge in [-0.25, -0.2) is 9.78 Å². The molecular weight excluding hydrogens is 378 g/mol. The Labute approximate surface area is 169 Å². The number of amides is 2. The summed E-state index contributed by atoms with van der Waals surface area (Å²) in [5.74, 6) is 0.416. The van der Waals surface area contributed by atoms with Gasteiger partial charge in [-0.1, -0.05) is 23.7 Å². The molecule has 4 N–H and O–H groups in total. The number of rotatable bonds is 4. The van der Waals surface area contributed by atoms with Crippen molar-refractivity contribution in [2.75, 3.05) is 30.4 Å². The van der Waals surface area contributed by atoms with E-state index < -0.39 is 0 Å². The third-order valence-electron chi connectivity index (χ3n) is 4.42. The molecular formula is C20H24ClN5O2. The number of pyridine rings is 1. The monoisotopic (exact) mass is 401 g/mol. The van der Waals surface area contributed by atoms with Crippen molar-refractivity contribution in [1.29, 1.82) is 5.41 Å². The Morgan fingerprint density at radius 3 is 3.04 bits per heavy atom. The molecule has 1 aromatic carbocycles. The van der Waals surface area contributed by atoms with Crippen molar-refractivity contribution in [3.05, 3.63) is 52.2 Å². The lowest BCUT2D eigenvalue weighted by Gasteiger charge is -2.22. The number of nitrogens with one attached hydrogen (secondary N) is 4. The van der Waals surface area contributed by atoms with Crippen molar-refractivity contribution in [3.8, 4) is 0 Å². The average molecular weight is 402 g/mol. The van der Waals surface area contributed by atoms with Crippen LogP contribution in [0.15, 0.2) is 30.3 Å². The zero-order chi connectivity index (χ0) is 19.9. The van der Waals surface area contributed by atoms with Crippen molar-refractivity contribution in [2.45, 2.75) is 25.8 Å². The number of aromatic nitrogens is 1. The van der Waals surface area contributed by atoms with E-state index in [4.69, 9.17) is 21.7 Å². The fourth-order valence-electron chi connectivity index (χ4n) is 3.16. The maximum Gasteiger partial charge on any atom is 0.320 e. The number of urea groups is 1. The van der Waals surface area contributed by atoms with Crippen LogP contribution in [0.2, 0.25) is 5.02 Å². The SMILES string of the molecule is CCNc1c(C=N)cc2nc1CCCOC[C@H](c1cccc(Cl)c1)NC(=O)N2. The molecule has 2 amide bonds. The van der Waals surface area contributed by atoms with Gasteiger partial charge in [0.25, 0.3) is 0 Å². The van der Waals surface area contributed by atoms with Crippen LogP contribution in [-0.4, -0.2) is 37.0 Å². The number of carbonyl (C=O) groups is 1. The molecule has 7 nitrogen and oxygen atoms in total. The molecule has 148 valence electrons. The van der Waals surface area contributed by atoms with Crippen LogP contribution in [0.5, 0.6) is 0 Å². The minimum atomic E-state index is -0.389. The van der Waals surface area contributed by atoms with Crippen LogP contribution in [-0.2, 0) is 11.2 Å². The van der Waals surface area contributed by atoms with E-state index in [-0.39, 0.29) is 12.1 Å². The molecule has 3 rings (SSSR count). The van der Waals surface area contributed by atoms with E-state index in [1.54, 1.807) is 12.1 Å². The summed E-state index contributed by atoms with van der Waals surface area (Å²) in [6.45, 7) is 3.60. The zero-order valence-electron chi connectivity index (χ0n) is 15.7. The van der Waals surface area contributed by atoms with Crippen LogP contribution >= 0.6 is 11.6 Å². The number of benzene rings is 1. The van der Waals surface area contributed by atoms with Crippen molar-refractivity contribution < 1.29 is 9.53 Å². The Kier molecular flexibility index (Phi) is 6.84. The first kappa shape index (κ1) is 20.1. The highest BCUT2D eigenvalue weighted by Gasteiger charge is 2.18. The van der Waals surface area contributed by atoms with Gasteiger partial charge in [-0.3, -0.25) is 5.32 Å². The average Bonchev–Trinajstić information content (AvgIpc) is 2.67. The summed E-state index contributed by atoms with van der Waals surface area (Å²) in [6, 6.07) is 8.33. The van der Waals surface area contributed by atoms with Gasteiger partial charge in [-0.15, -0.1) is 0 Å². The predicted molar refractivity (Wildman–Crippen MR) is 112 cm³/mol. The van der Waals surface area contributed by atoms with Gasteiger partial charge in [0.05, 0.1) is 24.0 Å². The first-order valence-corrected chi connectivity index (χ1v) is 9.67. The molecule has 2 aromatic rings. The molecule has 0 fully saturated rings. The van der Waals surface area contributed by atoms with Crippen molar-refractivity contribution in [2.24, 2.45) is 0 Å². The lowest BCUT2D eigenvalue weighted by molar-refractivity contribution is 0.111. The van der Waals surface area contributed by atoms with Gasteiger partial charge in [-0.2, -0.15) is 0 Å². The number of halogens is 1. The standard InChI is InChI=1S/C20H24ClN5O2/c1-2-23-19-14(11-22)10-18-24-16(19)7-4-8-28-12-17(25-20(27)26-18)13-5-3-6-15(21)9-13/h3,5-6,9-11,17,22-23H,2,4,7-8,12H2,1H3,(H2,24,25,26,27)/t17-/m1/s1. The van der Waals surface area contributed by atoms with E-state index in [0.717, 1.165) is 29.9 Å². The number of anilines is 2. The first-order valence-electron chi connectivity index (χ1n) is 9.29. The van der Waals surface area contributed by atoms with Gasteiger partial charge in [-0.05, 0) is 43.5 Å². The minimum Gasteiger partial charge on any atom is -0.383 e. The van der Waals surface area contributed by atoms with E-state index in [2.05, 4.69) is 20.9 Å². The van der Waals surface area contributed by atoms with Gasteiger partial charge in [0.1, 0.15) is 5.82 Å². The van der Waals surface area contributed by atoms with Crippen LogP contribution in [0.4, 0.5) is 16.3 Å². The molecule has 28 heavy (non-hydrogen) atoms. The molecule has 1 aliphatic heterocycles. The lowest BCUT2D eigenvalue weighted by atomic mass is 10.1. The maximum absolute atomic E-state index is 12.6. The quantitative estimate of drug-likeness (QED) is 0.582. The van der Waals surface area contributed by atoms with E-state index in [1.807, 2.05) is 25.1 Å². The lowest BCUT2D eigenvalue weighted by Crippen LogP contribution is -2.35. The van der Waals surface area contributed by atoms with Crippen molar-refractivity contribution in [3.63, 3.8) is 0 Å². The Hall–Kier alpha value is -2.64. The zero-order valence-corrected chi connectivity index (χ0v) is 16.5. The summed E-state index contributed by atoms with van der Waals surface area (Å²) >= 11 is 6.09. The normalized spacial score (nSPS) is 17.5. The molecule has 8 heteroatoms. The highest BCUT2D eigenvalue weighted by Crippen LogP contribution is 2.24. The molecule has 2 heterocycles. The summed E-state index contributed by atoms with van der Waals surface area (Å²) < 4.78 is 5.81. The highest BCUT2D eigenvalue weighted by molar-refractivity contribution is 6.30. The van der Waals surface area contributed by atoms with Gasteiger partial charge in [0, 0.05) is 30.0 Å². The Balaban J connectivity index is 1.89. The third-order valence-corrected chi connectivity index (χ3v) is 4.65. The maximum atomic E-state index is 12.6. The number of aryl methyl sites for hydroxylation is 1. The second-order valence-electron chi connectivity index (χ2n) is 6.48. The molecule has 0 spiro atoms. The molecule has 0 aliphatic carbocycles. The second-order valence-corrected chi connectivity index (χ2v) is 6.91. The van der Waals surface area contributed by atoms with Crippen LogP contribution in [0.3, 0.4) is 0 Å². The van der Waals surface area contributed by atoms with Crippen LogP contribution in [0, 0.1) is 5.41 Å². The van der Waals surface area contributed by atoms with E-state index in [1.165, 1.54) is 6.21 Å². The fourth-order valence-corrected chi connectivity index (χ4v) is 3.36. The minimum absolute atomic E-state index is 0.333. The predicted octanol–water partition coefficient (Wildman–Crippen LogP) is 3.99.